The van der Waals surface area contributed by atoms with E-state index in [1.54, 1.807) is 21.3 Å². The zero-order valence-corrected chi connectivity index (χ0v) is 13.7. The van der Waals surface area contributed by atoms with E-state index in [1.807, 2.05) is 18.2 Å². The highest BCUT2D eigenvalue weighted by molar-refractivity contribution is 6.60. The highest BCUT2D eigenvalue weighted by Crippen LogP contribution is 2.14. The first-order valence-corrected chi connectivity index (χ1v) is 7.29. The quantitative estimate of drug-likeness (QED) is 0.325. The summed E-state index contributed by atoms with van der Waals surface area (Å²) < 4.78 is 18.2. The monoisotopic (exact) mass is 369 g/mol. The minimum atomic E-state index is -2.38. The number of pyridine rings is 1. The molecule has 0 N–H and O–H groups in total. The molecule has 6 heteroatoms. The van der Waals surface area contributed by atoms with Crippen molar-refractivity contribution >= 4 is 8.80 Å². The Morgan fingerprint density at radius 1 is 0.941 bits per heavy atom. The molecule has 4 nitrogen and oxygen atoms in total. The fourth-order valence-corrected chi connectivity index (χ4v) is 3.32. The van der Waals surface area contributed by atoms with Crippen molar-refractivity contribution in [2.75, 3.05) is 21.3 Å². The van der Waals surface area contributed by atoms with Crippen LogP contribution >= 0.6 is 0 Å². The molecule has 17 heavy (non-hydrogen) atoms. The third kappa shape index (κ3) is 5.43. The van der Waals surface area contributed by atoms with Crippen LogP contribution in [0.3, 0.4) is 0 Å². The first-order chi connectivity index (χ1) is 7.76. The SMILES string of the molecule is CO[Si](CCC[n+]1ccccc1)(OC)OC.[I-]. The van der Waals surface area contributed by atoms with Crippen LogP contribution < -0.4 is 28.5 Å². The van der Waals surface area contributed by atoms with E-state index >= 15 is 0 Å². The van der Waals surface area contributed by atoms with Gasteiger partial charge >= 0.3 is 8.80 Å². The van der Waals surface area contributed by atoms with Crippen LogP contribution in [0.5, 0.6) is 0 Å². The Kier molecular flexibility index (Phi) is 8.97. The van der Waals surface area contributed by atoms with E-state index in [4.69, 9.17) is 13.3 Å². The van der Waals surface area contributed by atoms with Crippen LogP contribution in [-0.4, -0.2) is 30.1 Å². The topological polar surface area (TPSA) is 31.6 Å². The molecule has 0 aliphatic rings. The highest BCUT2D eigenvalue weighted by Gasteiger charge is 2.37. The van der Waals surface area contributed by atoms with Crippen molar-refractivity contribution in [3.8, 4) is 0 Å². The first-order valence-electron chi connectivity index (χ1n) is 5.36. The van der Waals surface area contributed by atoms with Crippen LogP contribution in [0.15, 0.2) is 30.6 Å². The molecular weight excluding hydrogens is 349 g/mol. The summed E-state index contributed by atoms with van der Waals surface area (Å²) in [6, 6.07) is 6.88. The smallest absolute Gasteiger partial charge is 0.500 e. The molecular formula is C11H20INO3Si. The maximum Gasteiger partial charge on any atom is 0.500 e. The Hall–Kier alpha value is -0.0231. The molecule has 0 amide bonds. The van der Waals surface area contributed by atoms with Crippen LogP contribution in [0.4, 0.5) is 0 Å². The molecule has 0 radical (unpaired) electrons. The molecule has 0 saturated carbocycles. The van der Waals surface area contributed by atoms with Crippen molar-refractivity contribution in [2.24, 2.45) is 0 Å². The molecule has 0 saturated heterocycles. The second kappa shape index (κ2) is 8.98. The molecule has 0 aliphatic heterocycles. The Balaban J connectivity index is 0.00000256. The summed E-state index contributed by atoms with van der Waals surface area (Å²) in [7, 11) is 2.56. The van der Waals surface area contributed by atoms with Crippen molar-refractivity contribution in [3.05, 3.63) is 30.6 Å². The van der Waals surface area contributed by atoms with Crippen molar-refractivity contribution < 1.29 is 41.8 Å². The third-order valence-corrected chi connectivity index (χ3v) is 5.44. The van der Waals surface area contributed by atoms with Gasteiger partial charge < -0.3 is 37.3 Å². The molecule has 98 valence electrons. The molecule has 1 aromatic heterocycles. The van der Waals surface area contributed by atoms with Crippen molar-refractivity contribution in [2.45, 2.75) is 19.0 Å². The Labute approximate surface area is 121 Å². The van der Waals surface area contributed by atoms with E-state index < -0.39 is 8.80 Å². The zero-order valence-electron chi connectivity index (χ0n) is 10.6. The maximum absolute atomic E-state index is 5.36. The van der Waals surface area contributed by atoms with Gasteiger partial charge in [-0.1, -0.05) is 6.07 Å². The second-order valence-corrected chi connectivity index (χ2v) is 6.60. The van der Waals surface area contributed by atoms with Gasteiger partial charge in [0, 0.05) is 45.9 Å². The predicted molar refractivity (Wildman–Crippen MR) is 62.8 cm³/mol. The molecule has 1 heterocycles. The van der Waals surface area contributed by atoms with Gasteiger partial charge in [-0.05, 0) is 0 Å². The summed E-state index contributed by atoms with van der Waals surface area (Å²) >= 11 is 0. The zero-order chi connectivity index (χ0) is 11.9. The molecule has 0 aromatic carbocycles. The summed E-state index contributed by atoms with van der Waals surface area (Å²) in [6.45, 7) is 0.950. The molecule has 0 unspecified atom stereocenters. The predicted octanol–water partition coefficient (Wildman–Crippen LogP) is -1.75. The normalized spacial score (nSPS) is 11.0. The van der Waals surface area contributed by atoms with E-state index in [2.05, 4.69) is 17.0 Å². The Bertz CT molecular complexity index is 288. The van der Waals surface area contributed by atoms with Crippen LogP contribution in [0.25, 0.3) is 0 Å². The van der Waals surface area contributed by atoms with Gasteiger partial charge in [-0.2, -0.15) is 0 Å². The number of rotatable bonds is 7. The summed E-state index contributed by atoms with van der Waals surface area (Å²) in [6.07, 6.45) is 5.09. The summed E-state index contributed by atoms with van der Waals surface area (Å²) in [5, 5.41) is 0. The molecule has 1 aromatic rings. The third-order valence-electron chi connectivity index (χ3n) is 2.61. The van der Waals surface area contributed by atoms with E-state index in [9.17, 15) is 0 Å². The standard InChI is InChI=1S/C11H20NO3Si.HI/c1-13-16(14-2,15-3)11-7-10-12-8-5-4-6-9-12;/h4-6,8-9H,7,10-11H2,1-3H3;1H/q+1;/p-1. The van der Waals surface area contributed by atoms with E-state index in [-0.39, 0.29) is 24.0 Å². The number of hydrogen-bond acceptors (Lipinski definition) is 3. The average molecular weight is 369 g/mol. The summed E-state index contributed by atoms with van der Waals surface area (Å²) in [5.74, 6) is 0. The van der Waals surface area contributed by atoms with Gasteiger partial charge in [-0.3, -0.25) is 0 Å². The molecule has 1 rings (SSSR count). The number of halogens is 1. The highest BCUT2D eigenvalue weighted by atomic mass is 127. The van der Waals surface area contributed by atoms with Gasteiger partial charge in [0.25, 0.3) is 0 Å². The van der Waals surface area contributed by atoms with E-state index in [1.165, 1.54) is 0 Å². The molecule has 0 atom stereocenters. The summed E-state index contributed by atoms with van der Waals surface area (Å²) in [5.41, 5.74) is 0. The second-order valence-electron chi connectivity index (χ2n) is 3.51. The molecule has 0 aliphatic carbocycles. The lowest BCUT2D eigenvalue weighted by Crippen LogP contribution is -3.00. The van der Waals surface area contributed by atoms with Crippen molar-refractivity contribution in [1.82, 2.24) is 0 Å². The van der Waals surface area contributed by atoms with Crippen molar-refractivity contribution in [3.63, 3.8) is 0 Å². The number of hydrogen-bond donors (Lipinski definition) is 0. The number of aromatic nitrogens is 1. The minimum absolute atomic E-state index is 0. The van der Waals surface area contributed by atoms with Gasteiger partial charge in [0.15, 0.2) is 12.4 Å². The Morgan fingerprint density at radius 3 is 1.94 bits per heavy atom. The summed E-state index contributed by atoms with van der Waals surface area (Å²) in [4.78, 5) is 0. The van der Waals surface area contributed by atoms with Crippen LogP contribution in [-0.2, 0) is 19.8 Å². The lowest BCUT2D eigenvalue weighted by Gasteiger charge is -2.23. The lowest BCUT2D eigenvalue weighted by atomic mass is 10.4. The van der Waals surface area contributed by atoms with Crippen LogP contribution in [0, 0.1) is 0 Å². The lowest BCUT2D eigenvalue weighted by molar-refractivity contribution is -0.697. The minimum Gasteiger partial charge on any atom is -1.00 e. The van der Waals surface area contributed by atoms with E-state index in [0.29, 0.717) is 0 Å². The van der Waals surface area contributed by atoms with Gasteiger partial charge in [0.05, 0.1) is 0 Å². The first kappa shape index (κ1) is 17.0. The number of aryl methyl sites for hydroxylation is 1. The molecule has 0 bridgehead atoms. The van der Waals surface area contributed by atoms with Crippen LogP contribution in [0.2, 0.25) is 6.04 Å². The maximum atomic E-state index is 5.36. The number of nitrogens with zero attached hydrogens (tertiary/aromatic N) is 1. The fourth-order valence-electron chi connectivity index (χ4n) is 1.62. The average Bonchev–Trinajstić information content (AvgIpc) is 2.37. The van der Waals surface area contributed by atoms with Gasteiger partial charge in [-0.15, -0.1) is 0 Å². The van der Waals surface area contributed by atoms with Gasteiger partial charge in [0.2, 0.25) is 0 Å². The fraction of sp³-hybridized carbons (Fsp3) is 0.545. The molecule has 0 spiro atoms. The Morgan fingerprint density at radius 2 is 1.47 bits per heavy atom. The molecule has 0 fully saturated rings. The van der Waals surface area contributed by atoms with Crippen molar-refractivity contribution in [1.29, 1.82) is 0 Å². The van der Waals surface area contributed by atoms with E-state index in [0.717, 1.165) is 19.0 Å². The van der Waals surface area contributed by atoms with Gasteiger partial charge in [-0.25, -0.2) is 4.57 Å². The largest absolute Gasteiger partial charge is 1.00 e. The van der Waals surface area contributed by atoms with Crippen LogP contribution in [0.1, 0.15) is 6.42 Å². The van der Waals surface area contributed by atoms with Gasteiger partial charge in [0.1, 0.15) is 6.54 Å².